The Hall–Kier alpha value is -2.72. The van der Waals surface area contributed by atoms with Crippen LogP contribution >= 0.6 is 11.6 Å². The summed E-state index contributed by atoms with van der Waals surface area (Å²) in [5, 5.41) is 5.22. The molecule has 5 rings (SSSR count). The van der Waals surface area contributed by atoms with Crippen LogP contribution in [0.4, 0.5) is 5.69 Å². The lowest BCUT2D eigenvalue weighted by molar-refractivity contribution is -0.148. The van der Waals surface area contributed by atoms with E-state index in [1.807, 2.05) is 30.9 Å². The Kier molecular flexibility index (Phi) is 8.14. The Morgan fingerprint density at radius 1 is 1.28 bits per heavy atom. The number of nitrogens with zero attached hydrogens (tertiary/aromatic N) is 3. The topological polar surface area (TPSA) is 99.8 Å². The van der Waals surface area contributed by atoms with Gasteiger partial charge in [-0.25, -0.2) is 0 Å². The van der Waals surface area contributed by atoms with Gasteiger partial charge in [-0.2, -0.15) is 0 Å². The van der Waals surface area contributed by atoms with Crippen LogP contribution in [0.1, 0.15) is 27.7 Å². The van der Waals surface area contributed by atoms with Crippen molar-refractivity contribution in [3.05, 3.63) is 35.6 Å². The predicted molar refractivity (Wildman–Crippen MR) is 141 cm³/mol. The van der Waals surface area contributed by atoms with Crippen LogP contribution in [0.5, 0.6) is 0 Å². The quantitative estimate of drug-likeness (QED) is 0.514. The first kappa shape index (κ1) is 26.3. The molecule has 3 aromatic rings. The van der Waals surface area contributed by atoms with E-state index in [0.717, 1.165) is 34.9 Å². The van der Waals surface area contributed by atoms with E-state index < -0.39 is 0 Å². The number of hydrogen-bond acceptors (Lipinski definition) is 6. The average Bonchev–Trinajstić information content (AvgIpc) is 3.17. The third-order valence-electron chi connectivity index (χ3n) is 6.32. The van der Waals surface area contributed by atoms with E-state index >= 15 is 0 Å². The Labute approximate surface area is 216 Å². The molecule has 2 fully saturated rings. The van der Waals surface area contributed by atoms with Crippen LogP contribution in [0.2, 0.25) is 5.02 Å². The number of hydrogen-bond donors (Lipinski definition) is 2. The molecule has 10 heteroatoms. The van der Waals surface area contributed by atoms with E-state index in [0.29, 0.717) is 43.4 Å². The molecule has 2 atom stereocenters. The largest absolute Gasteiger partial charge is 0.373 e. The number of carbonyl (C=O) groups excluding carboxylic acids is 2. The number of benzene rings is 1. The highest BCUT2D eigenvalue weighted by Crippen LogP contribution is 2.32. The summed E-state index contributed by atoms with van der Waals surface area (Å²) >= 11 is 6.03. The minimum absolute atomic E-state index is 0.133. The predicted octanol–water partition coefficient (Wildman–Crippen LogP) is 3.67. The molecule has 2 unspecified atom stereocenters. The second-order valence-electron chi connectivity index (χ2n) is 10.1. The average molecular weight is 516 g/mol. The first-order chi connectivity index (χ1) is 17.1. The zero-order valence-corrected chi connectivity index (χ0v) is 22.0. The van der Waals surface area contributed by atoms with Crippen LogP contribution in [0, 0.1) is 0 Å². The summed E-state index contributed by atoms with van der Waals surface area (Å²) < 4.78 is 11.3. The minimum Gasteiger partial charge on any atom is -0.373 e. The van der Waals surface area contributed by atoms with Crippen LogP contribution in [-0.2, 0) is 19.1 Å². The third kappa shape index (κ3) is 6.34. The summed E-state index contributed by atoms with van der Waals surface area (Å²) in [5.41, 5.74) is 2.28. The number of ether oxygens (including phenoxy) is 2. The molecule has 1 aromatic carbocycles. The van der Waals surface area contributed by atoms with E-state index in [2.05, 4.69) is 34.0 Å². The number of halogens is 1. The molecule has 0 spiro atoms. The number of nitrogens with one attached hydrogen (secondary N) is 2. The zero-order chi connectivity index (χ0) is 25.9. The lowest BCUT2D eigenvalue weighted by atomic mass is 10.1. The number of aromatic nitrogens is 2. The highest BCUT2D eigenvalue weighted by atomic mass is 35.5. The van der Waals surface area contributed by atoms with Gasteiger partial charge in [0.2, 0.25) is 12.3 Å². The molecule has 2 aliphatic rings. The van der Waals surface area contributed by atoms with Crippen LogP contribution in [0.3, 0.4) is 0 Å². The monoisotopic (exact) mass is 515 g/mol. The number of anilines is 1. The maximum absolute atomic E-state index is 12.4. The molecule has 2 aromatic heterocycles. The highest BCUT2D eigenvalue weighted by Gasteiger charge is 2.31. The Bertz CT molecular complexity index is 1220. The van der Waals surface area contributed by atoms with Gasteiger partial charge in [0.05, 0.1) is 53.9 Å². The van der Waals surface area contributed by atoms with E-state index in [-0.39, 0.29) is 23.7 Å². The lowest BCUT2D eigenvalue weighted by Gasteiger charge is -2.40. The number of H-pyrrole nitrogens is 1. The zero-order valence-electron chi connectivity index (χ0n) is 21.2. The van der Waals surface area contributed by atoms with Gasteiger partial charge in [-0.15, -0.1) is 0 Å². The number of pyridine rings is 1. The maximum atomic E-state index is 12.4. The van der Waals surface area contributed by atoms with Gasteiger partial charge in [-0.3, -0.25) is 19.5 Å². The van der Waals surface area contributed by atoms with Gasteiger partial charge in [0.15, 0.2) is 0 Å². The molecular weight excluding hydrogens is 482 g/mol. The molecule has 9 nitrogen and oxygen atoms in total. The molecule has 0 saturated carbocycles. The molecule has 2 amide bonds. The molecule has 2 aliphatic heterocycles. The summed E-state index contributed by atoms with van der Waals surface area (Å²) in [6.45, 7) is 12.4. The number of carbonyl (C=O) groups is 2. The second kappa shape index (κ2) is 11.1. The second-order valence-corrected chi connectivity index (χ2v) is 10.5. The highest BCUT2D eigenvalue weighted by molar-refractivity contribution is 6.32. The molecular formula is C26H34ClN5O4. The Balaban J connectivity index is 0.000000170. The fourth-order valence-corrected chi connectivity index (χ4v) is 5.14. The number of aromatic amines is 1. The molecule has 36 heavy (non-hydrogen) atoms. The number of morpholine rings is 2. The summed E-state index contributed by atoms with van der Waals surface area (Å²) in [6, 6.07) is 5.49. The molecule has 2 saturated heterocycles. The van der Waals surface area contributed by atoms with Crippen molar-refractivity contribution in [2.45, 2.75) is 45.5 Å². The summed E-state index contributed by atoms with van der Waals surface area (Å²) in [5.74, 6) is 0.208. The molecule has 0 aliphatic carbocycles. The van der Waals surface area contributed by atoms with Crippen LogP contribution in [-0.4, -0.2) is 89.2 Å². The maximum Gasteiger partial charge on any atom is 0.236 e. The third-order valence-corrected chi connectivity index (χ3v) is 6.54. The van der Waals surface area contributed by atoms with Gasteiger partial charge >= 0.3 is 0 Å². The molecule has 4 heterocycles. The molecule has 2 N–H and O–H groups in total. The summed E-state index contributed by atoms with van der Waals surface area (Å²) in [6.07, 6.45) is 4.37. The normalized spacial score (nSPS) is 22.2. The van der Waals surface area contributed by atoms with Gasteiger partial charge in [0, 0.05) is 48.2 Å². The number of rotatable bonds is 4. The number of amides is 2. The summed E-state index contributed by atoms with van der Waals surface area (Å²) in [4.78, 5) is 34.3. The molecule has 0 bridgehead atoms. The fourth-order valence-electron chi connectivity index (χ4n) is 4.92. The first-order valence-corrected chi connectivity index (χ1v) is 12.6. The van der Waals surface area contributed by atoms with Crippen LogP contribution < -0.4 is 5.32 Å². The molecule has 194 valence electrons. The number of fused-ring (bicyclic) bond motifs is 3. The van der Waals surface area contributed by atoms with E-state index in [9.17, 15) is 9.59 Å². The van der Waals surface area contributed by atoms with Gasteiger partial charge in [-0.1, -0.05) is 11.6 Å². The van der Waals surface area contributed by atoms with Crippen molar-refractivity contribution in [3.63, 3.8) is 0 Å². The van der Waals surface area contributed by atoms with Crippen molar-refractivity contribution >= 4 is 51.4 Å². The van der Waals surface area contributed by atoms with Crippen molar-refractivity contribution in [2.24, 2.45) is 0 Å². The van der Waals surface area contributed by atoms with Crippen molar-refractivity contribution in [1.82, 2.24) is 19.8 Å². The minimum atomic E-state index is -0.149. The van der Waals surface area contributed by atoms with Crippen LogP contribution in [0.25, 0.3) is 21.8 Å². The van der Waals surface area contributed by atoms with Gasteiger partial charge in [-0.05, 0) is 45.9 Å². The lowest BCUT2D eigenvalue weighted by Crippen LogP contribution is -2.54. The van der Waals surface area contributed by atoms with Crippen molar-refractivity contribution < 1.29 is 19.1 Å². The van der Waals surface area contributed by atoms with E-state index in [4.69, 9.17) is 21.1 Å². The summed E-state index contributed by atoms with van der Waals surface area (Å²) in [7, 11) is 0. The van der Waals surface area contributed by atoms with Crippen LogP contribution in [0.15, 0.2) is 30.6 Å². The van der Waals surface area contributed by atoms with E-state index in [1.165, 1.54) is 0 Å². The smallest absolute Gasteiger partial charge is 0.236 e. The van der Waals surface area contributed by atoms with Crippen molar-refractivity contribution in [3.8, 4) is 0 Å². The Morgan fingerprint density at radius 2 is 2.03 bits per heavy atom. The van der Waals surface area contributed by atoms with Gasteiger partial charge < -0.3 is 24.7 Å². The SMILES string of the molecule is CC1CN(C(=O)CN2CCOC(C)(C)C2)CC(C)O1.O=CNc1cc(Cl)cc2c1[nH]c1cnccc12. The van der Waals surface area contributed by atoms with E-state index in [1.54, 1.807) is 18.5 Å². The van der Waals surface area contributed by atoms with Crippen molar-refractivity contribution in [1.29, 1.82) is 0 Å². The van der Waals surface area contributed by atoms with Crippen molar-refractivity contribution in [2.75, 3.05) is 44.6 Å². The van der Waals surface area contributed by atoms with Gasteiger partial charge in [0.1, 0.15) is 0 Å². The fraction of sp³-hybridized carbons (Fsp3) is 0.500. The molecule has 0 radical (unpaired) electrons. The first-order valence-electron chi connectivity index (χ1n) is 12.2. The Morgan fingerprint density at radius 3 is 2.72 bits per heavy atom. The van der Waals surface area contributed by atoms with Gasteiger partial charge in [0.25, 0.3) is 0 Å². The standard InChI is InChI=1S/C14H26N2O3.C12H8ClN3O/c1-11-7-16(8-12(2)19-11)13(17)9-15-5-6-18-14(3,4)10-15;13-7-3-9-8-1-2-14-5-11(8)16-12(9)10(4-7)15-6-17/h11-12H,5-10H2,1-4H3;1-6,16H,(H,15,17).